The molecule has 9 heterocycles. The minimum absolute atomic E-state index is 0.0190. The smallest absolute Gasteiger partial charge is 0.251 e. The highest BCUT2D eigenvalue weighted by molar-refractivity contribution is 5.97. The lowest BCUT2D eigenvalue weighted by atomic mass is 10.0. The second-order valence-corrected chi connectivity index (χ2v) is 21.8. The number of pyridine rings is 6. The Hall–Kier alpha value is -10.0. The van der Waals surface area contributed by atoms with Crippen LogP contribution in [0.5, 0.6) is 0 Å². The maximum Gasteiger partial charge on any atom is 0.251 e. The minimum atomic E-state index is -1.01. The van der Waals surface area contributed by atoms with Gasteiger partial charge < -0.3 is 31.9 Å². The van der Waals surface area contributed by atoms with E-state index in [0.29, 0.717) is 107 Å². The van der Waals surface area contributed by atoms with Gasteiger partial charge in [0.05, 0.1) is 71.0 Å². The summed E-state index contributed by atoms with van der Waals surface area (Å²) < 4.78 is 2.87. The monoisotopic (exact) mass is 1160 g/mol. The fraction of sp³-hybridized carbons (Fsp3) is 0.355. The number of hydrogen-bond acceptors (Lipinski definition) is 16. The van der Waals surface area contributed by atoms with Crippen LogP contribution in [0, 0.1) is 11.8 Å². The number of unbranched alkanes of at least 4 members (excludes halogenated alkanes) is 2. The summed E-state index contributed by atoms with van der Waals surface area (Å²) in [5.41, 5.74) is 5.90. The zero-order chi connectivity index (χ0) is 60.4. The van der Waals surface area contributed by atoms with Crippen molar-refractivity contribution in [2.45, 2.75) is 116 Å². The van der Waals surface area contributed by atoms with Crippen LogP contribution in [0.4, 0.5) is 0 Å². The number of rotatable bonds is 20. The molecule has 0 aromatic carbocycles. The zero-order valence-electron chi connectivity index (χ0n) is 48.5. The van der Waals surface area contributed by atoms with Gasteiger partial charge in [0.25, 0.3) is 11.8 Å². The van der Waals surface area contributed by atoms with E-state index in [4.69, 9.17) is 9.97 Å². The molecule has 6 N–H and O–H groups in total. The maximum absolute atomic E-state index is 14.4. The number of nitrogens with one attached hydrogen (secondary N) is 6. The van der Waals surface area contributed by atoms with E-state index in [1.807, 2.05) is 76.2 Å². The highest BCUT2D eigenvalue weighted by Crippen LogP contribution is 2.26. The fourth-order valence-electron chi connectivity index (χ4n) is 9.79. The fourth-order valence-corrected chi connectivity index (χ4v) is 9.79. The summed E-state index contributed by atoms with van der Waals surface area (Å²) >= 11 is 0. The number of carbonyl (C=O) groups excluding carboxylic acids is 6. The summed E-state index contributed by atoms with van der Waals surface area (Å²) in [5, 5.41) is 35.0. The molecule has 0 saturated carbocycles. The number of aromatic nitrogens is 12. The molecule has 1 aliphatic heterocycles. The molecule has 6 amide bonds. The first kappa shape index (κ1) is 60.6. The lowest BCUT2D eigenvalue weighted by Crippen LogP contribution is -2.49. The molecule has 8 aromatic heterocycles. The Kier molecular flexibility index (Phi) is 20.8. The Labute approximate surface area is 497 Å². The molecule has 86 heavy (non-hydrogen) atoms. The first-order valence-electron chi connectivity index (χ1n) is 29.0. The first-order valence-corrected chi connectivity index (χ1v) is 29.0. The number of nitrogens with zero attached hydrogens (tertiary/aromatic N) is 12. The number of fused-ring (bicyclic) bond motifs is 4. The Balaban J connectivity index is 0.867. The summed E-state index contributed by atoms with van der Waals surface area (Å²) in [7, 11) is 0. The predicted octanol–water partition coefficient (Wildman–Crippen LogP) is 6.20. The van der Waals surface area contributed by atoms with E-state index in [2.05, 4.69) is 72.5 Å². The van der Waals surface area contributed by atoms with E-state index in [0.717, 1.165) is 0 Å². The van der Waals surface area contributed by atoms with Crippen LogP contribution in [0.3, 0.4) is 0 Å². The highest BCUT2D eigenvalue weighted by Gasteiger charge is 2.31. The molecular weight excluding hydrogens is 1090 g/mol. The van der Waals surface area contributed by atoms with Crippen molar-refractivity contribution in [2.75, 3.05) is 13.1 Å². The van der Waals surface area contributed by atoms with Crippen molar-refractivity contribution in [1.82, 2.24) is 91.8 Å². The second-order valence-electron chi connectivity index (χ2n) is 21.8. The Morgan fingerprint density at radius 1 is 0.488 bits per heavy atom. The van der Waals surface area contributed by atoms with Crippen LogP contribution in [-0.4, -0.2) is 121 Å². The van der Waals surface area contributed by atoms with Gasteiger partial charge in [0.1, 0.15) is 35.6 Å². The lowest BCUT2D eigenvalue weighted by molar-refractivity contribution is -0.131. The summed E-state index contributed by atoms with van der Waals surface area (Å²) in [4.78, 5) is 112. The predicted molar refractivity (Wildman–Crippen MR) is 318 cm³/mol. The van der Waals surface area contributed by atoms with Gasteiger partial charge in [-0.1, -0.05) is 62.4 Å². The van der Waals surface area contributed by atoms with Crippen LogP contribution < -0.4 is 31.9 Å². The molecule has 24 heteroatoms. The van der Waals surface area contributed by atoms with Crippen LogP contribution >= 0.6 is 0 Å². The van der Waals surface area contributed by atoms with Crippen LogP contribution in [-0.2, 0) is 32.3 Å². The first-order chi connectivity index (χ1) is 41.7. The summed E-state index contributed by atoms with van der Waals surface area (Å²) in [6.45, 7) is 8.24. The Bertz CT molecular complexity index is 3230. The zero-order valence-corrected chi connectivity index (χ0v) is 48.5. The van der Waals surface area contributed by atoms with Gasteiger partial charge in [-0.15, -0.1) is 10.2 Å². The van der Waals surface area contributed by atoms with E-state index >= 15 is 0 Å². The van der Waals surface area contributed by atoms with E-state index < -0.39 is 47.8 Å². The largest absolute Gasteiger partial charge is 0.352 e. The minimum Gasteiger partial charge on any atom is -0.352 e. The molecular formula is C62H70N18O6. The molecule has 24 nitrogen and oxygen atoms in total. The third-order valence-corrected chi connectivity index (χ3v) is 14.2. The quantitative estimate of drug-likeness (QED) is 0.0463. The third-order valence-electron chi connectivity index (χ3n) is 14.2. The molecule has 1 aliphatic rings. The molecule has 0 unspecified atom stereocenters. The topological polar surface area (TPSA) is 313 Å². The van der Waals surface area contributed by atoms with Crippen LogP contribution in [0.15, 0.2) is 134 Å². The van der Waals surface area contributed by atoms with Gasteiger partial charge in [-0.25, -0.2) is 19.3 Å². The van der Waals surface area contributed by atoms with Gasteiger partial charge in [0, 0.05) is 49.0 Å². The number of amides is 6. The van der Waals surface area contributed by atoms with E-state index in [1.165, 1.54) is 9.36 Å². The molecule has 444 valence electrons. The van der Waals surface area contributed by atoms with Crippen molar-refractivity contribution < 1.29 is 28.8 Å². The molecule has 8 aromatic rings. The summed E-state index contributed by atoms with van der Waals surface area (Å²) in [6, 6.07) is 24.8. The van der Waals surface area contributed by atoms with Crippen molar-refractivity contribution in [3.8, 4) is 45.6 Å². The molecule has 9 rings (SSSR count). The van der Waals surface area contributed by atoms with Crippen LogP contribution in [0.25, 0.3) is 45.6 Å². The van der Waals surface area contributed by atoms with Crippen molar-refractivity contribution in [2.24, 2.45) is 11.8 Å². The summed E-state index contributed by atoms with van der Waals surface area (Å²) in [6.07, 6.45) is 12.7. The molecule has 0 aliphatic carbocycles. The molecule has 0 spiro atoms. The second kappa shape index (κ2) is 29.5. The SMILES string of the molecule is CC(C)C[C@@H]1C(=O)N[C@@H](CCCCNC(=O)c2cc(-c3ccccn3)nc(-c3ccccn3)c2)C(=O)NCc2cn(nn2)[C@H](CC(C)C)C(=O)N[C@@H](CCCCNC(=O)c2cc(-c3ccccn3)nc(-c3ccccn3)c2)C(=O)NCc2cn1nn2. The van der Waals surface area contributed by atoms with Crippen molar-refractivity contribution in [1.29, 1.82) is 0 Å². The number of carbonyl (C=O) groups is 6. The van der Waals surface area contributed by atoms with Crippen LogP contribution in [0.1, 0.15) is 123 Å². The van der Waals surface area contributed by atoms with Gasteiger partial charge in [-0.2, -0.15) is 0 Å². The van der Waals surface area contributed by atoms with Crippen molar-refractivity contribution in [3.05, 3.63) is 157 Å². The van der Waals surface area contributed by atoms with Gasteiger partial charge in [-0.05, 0) is 136 Å². The molecule has 0 fully saturated rings. The maximum atomic E-state index is 14.4. The molecule has 0 saturated heterocycles. The van der Waals surface area contributed by atoms with Gasteiger partial charge in [-0.3, -0.25) is 48.7 Å². The molecule has 0 radical (unpaired) electrons. The average molecular weight is 1160 g/mol. The highest BCUT2D eigenvalue weighted by atomic mass is 16.2. The normalized spacial score (nSPS) is 16.8. The van der Waals surface area contributed by atoms with E-state index in [1.54, 1.807) is 85.7 Å². The van der Waals surface area contributed by atoms with E-state index in [9.17, 15) is 28.8 Å². The Morgan fingerprint density at radius 2 is 0.837 bits per heavy atom. The van der Waals surface area contributed by atoms with Gasteiger partial charge >= 0.3 is 0 Å². The van der Waals surface area contributed by atoms with Crippen molar-refractivity contribution in [3.63, 3.8) is 0 Å². The lowest BCUT2D eigenvalue weighted by Gasteiger charge is -2.24. The standard InChI is InChI=1S/C62H70N18O6/c1-39(2)29-55-61(85)73-49(21-9-15-27-67-57(81)41-31-51(45-17-5-11-23-63-45)71-52(32-41)46-18-6-12-24-64-46)59(83)70-36-44-38-80(78-76-44)56(30-40(3)4)62(86)74-50(60(84)69-35-43-37-79(55)77-75-43)22-10-16-28-68-58(82)42-33-53(47-19-7-13-25-65-47)72-54(34-42)48-20-8-14-26-66-48/h5-8,11-14,17-20,23-26,31-34,37-40,49-50,55-56H,9-10,15-16,21-22,27-30,35-36H2,1-4H3,(H,67,81)(H,68,82)(H,69,84)(H,70,83)(H,73,85)(H,74,86)/t49-,50-,55+,56+/m0/s1. The third kappa shape index (κ3) is 16.6. The van der Waals surface area contributed by atoms with Crippen LogP contribution in [0.2, 0.25) is 0 Å². The number of hydrogen-bond donors (Lipinski definition) is 6. The Morgan fingerprint density at radius 3 is 1.15 bits per heavy atom. The average Bonchev–Trinajstić information content (AvgIpc) is 3.13. The van der Waals surface area contributed by atoms with Crippen molar-refractivity contribution >= 4 is 35.4 Å². The molecule has 4 atom stereocenters. The summed E-state index contributed by atoms with van der Waals surface area (Å²) in [5.74, 6) is -2.49. The van der Waals surface area contributed by atoms with Gasteiger partial charge in [0.15, 0.2) is 0 Å². The van der Waals surface area contributed by atoms with E-state index in [-0.39, 0.29) is 62.7 Å². The molecule has 4 bridgehead atoms. The van der Waals surface area contributed by atoms with Gasteiger partial charge in [0.2, 0.25) is 23.6 Å².